The number of hydrogen-bond donors (Lipinski definition) is 0. The average Bonchev–Trinajstić information content (AvgIpc) is 1.84. The van der Waals surface area contributed by atoms with Gasteiger partial charge in [-0.25, -0.2) is 0 Å². The second kappa shape index (κ2) is 3.32. The van der Waals surface area contributed by atoms with Gasteiger partial charge < -0.3 is 4.74 Å². The van der Waals surface area contributed by atoms with Crippen molar-refractivity contribution >= 4 is 0 Å². The Bertz CT molecular complexity index is 146. The van der Waals surface area contributed by atoms with Gasteiger partial charge in [-0.2, -0.15) is 0 Å². The van der Waals surface area contributed by atoms with Crippen LogP contribution in [0.5, 0.6) is 0 Å². The fourth-order valence-electron chi connectivity index (χ4n) is 0.276. The molecule has 0 saturated carbocycles. The van der Waals surface area contributed by atoms with E-state index in [1.54, 1.807) is 13.2 Å². The summed E-state index contributed by atoms with van der Waals surface area (Å²) < 4.78 is 5.02. The van der Waals surface area contributed by atoms with Crippen molar-refractivity contribution in [2.24, 2.45) is 0 Å². The van der Waals surface area contributed by atoms with Gasteiger partial charge in [0.15, 0.2) is 0 Å². The summed E-state index contributed by atoms with van der Waals surface area (Å²) in [5.41, 5.74) is -0.339. The molecule has 0 heterocycles. The Morgan fingerprint density at radius 1 is 1.56 bits per heavy atom. The lowest BCUT2D eigenvalue weighted by Gasteiger charge is -2.13. The predicted octanol–water partition coefficient (Wildman–Crippen LogP) is 1.60. The van der Waals surface area contributed by atoms with Crippen LogP contribution in [0.25, 0.3) is 0 Å². The second-order valence-electron chi connectivity index (χ2n) is 2.19. The molecule has 0 amide bonds. The monoisotopic (exact) mass is 124 g/mol. The molecule has 0 aromatic carbocycles. The van der Waals surface area contributed by atoms with E-state index >= 15 is 0 Å². The number of methoxy groups -OCH3 is 1. The first-order valence-electron chi connectivity index (χ1n) is 2.81. The van der Waals surface area contributed by atoms with Crippen LogP contribution in [0.1, 0.15) is 13.8 Å². The smallest absolute Gasteiger partial charge is 0.123 e. The third-order valence-corrected chi connectivity index (χ3v) is 0.986. The van der Waals surface area contributed by atoms with E-state index in [0.29, 0.717) is 0 Å². The van der Waals surface area contributed by atoms with E-state index in [2.05, 4.69) is 18.4 Å². The van der Waals surface area contributed by atoms with Gasteiger partial charge in [-0.3, -0.25) is 0 Å². The van der Waals surface area contributed by atoms with Crippen molar-refractivity contribution in [2.75, 3.05) is 7.11 Å². The van der Waals surface area contributed by atoms with E-state index in [4.69, 9.17) is 4.74 Å². The molecule has 9 heavy (non-hydrogen) atoms. The third-order valence-electron chi connectivity index (χ3n) is 0.986. The summed E-state index contributed by atoms with van der Waals surface area (Å²) in [5, 5.41) is 0. The molecule has 0 aliphatic heterocycles. The number of ether oxygens (including phenoxy) is 1. The average molecular weight is 124 g/mol. The molecular weight excluding hydrogens is 112 g/mol. The van der Waals surface area contributed by atoms with Gasteiger partial charge in [0, 0.05) is 7.11 Å². The molecule has 1 nitrogen and oxygen atoms in total. The summed E-state index contributed by atoms with van der Waals surface area (Å²) in [5.74, 6) is 5.60. The van der Waals surface area contributed by atoms with Crippen LogP contribution in [-0.2, 0) is 4.74 Å². The Kier molecular flexibility index (Phi) is 3.05. The Morgan fingerprint density at radius 2 is 2.11 bits per heavy atom. The van der Waals surface area contributed by atoms with Crippen LogP contribution in [-0.4, -0.2) is 12.7 Å². The second-order valence-corrected chi connectivity index (χ2v) is 2.19. The van der Waals surface area contributed by atoms with Crippen molar-refractivity contribution in [3.05, 3.63) is 12.7 Å². The van der Waals surface area contributed by atoms with Crippen LogP contribution in [0.15, 0.2) is 12.7 Å². The molecule has 0 atom stereocenters. The van der Waals surface area contributed by atoms with Gasteiger partial charge in [-0.05, 0) is 19.9 Å². The molecule has 0 fully saturated rings. The Hall–Kier alpha value is -0.740. The van der Waals surface area contributed by atoms with Gasteiger partial charge in [0.1, 0.15) is 5.60 Å². The van der Waals surface area contributed by atoms with Crippen molar-refractivity contribution in [2.45, 2.75) is 19.4 Å². The van der Waals surface area contributed by atoms with Gasteiger partial charge in [0.05, 0.1) is 0 Å². The lowest BCUT2D eigenvalue weighted by atomic mass is 10.1. The molecular formula is C8H12O. The van der Waals surface area contributed by atoms with Gasteiger partial charge in [-0.1, -0.05) is 18.4 Å². The first-order chi connectivity index (χ1) is 4.12. The van der Waals surface area contributed by atoms with Gasteiger partial charge in [-0.15, -0.1) is 0 Å². The van der Waals surface area contributed by atoms with Crippen LogP contribution in [0, 0.1) is 11.8 Å². The van der Waals surface area contributed by atoms with Gasteiger partial charge in [0.2, 0.25) is 0 Å². The highest BCUT2D eigenvalue weighted by Gasteiger charge is 2.09. The minimum absolute atomic E-state index is 0.339. The lowest BCUT2D eigenvalue weighted by molar-refractivity contribution is 0.0742. The fourth-order valence-corrected chi connectivity index (χ4v) is 0.276. The molecule has 0 aromatic heterocycles. The zero-order chi connectivity index (χ0) is 7.33. The Balaban J connectivity index is 3.99. The quantitative estimate of drug-likeness (QED) is 0.482. The van der Waals surface area contributed by atoms with Crippen molar-refractivity contribution < 1.29 is 4.74 Å². The van der Waals surface area contributed by atoms with Crippen molar-refractivity contribution in [3.63, 3.8) is 0 Å². The maximum absolute atomic E-state index is 5.02. The lowest BCUT2D eigenvalue weighted by Crippen LogP contribution is -2.18. The van der Waals surface area contributed by atoms with Crippen LogP contribution in [0.3, 0.4) is 0 Å². The van der Waals surface area contributed by atoms with E-state index in [1.807, 2.05) is 13.8 Å². The Labute approximate surface area is 56.7 Å². The van der Waals surface area contributed by atoms with E-state index in [-0.39, 0.29) is 5.60 Å². The molecule has 0 bridgehead atoms. The number of allylic oxidation sites excluding steroid dienone is 1. The number of hydrogen-bond acceptors (Lipinski definition) is 1. The summed E-state index contributed by atoms with van der Waals surface area (Å²) in [4.78, 5) is 0. The highest BCUT2D eigenvalue weighted by atomic mass is 16.5. The molecule has 0 aromatic rings. The zero-order valence-corrected chi connectivity index (χ0v) is 6.19. The minimum Gasteiger partial charge on any atom is -0.366 e. The highest BCUT2D eigenvalue weighted by molar-refractivity contribution is 5.18. The standard InChI is InChI=1S/C8H12O/c1-5-6-7-8(2,3)9-4/h5H,1H2,2-4H3. The van der Waals surface area contributed by atoms with E-state index in [9.17, 15) is 0 Å². The number of rotatable bonds is 1. The topological polar surface area (TPSA) is 9.23 Å². The van der Waals surface area contributed by atoms with Gasteiger partial charge in [0.25, 0.3) is 0 Å². The van der Waals surface area contributed by atoms with E-state index < -0.39 is 0 Å². The van der Waals surface area contributed by atoms with Crippen LogP contribution >= 0.6 is 0 Å². The SMILES string of the molecule is C=CC#CC(C)(C)OC. The van der Waals surface area contributed by atoms with Crippen LogP contribution < -0.4 is 0 Å². The molecule has 0 rings (SSSR count). The molecule has 0 spiro atoms. The van der Waals surface area contributed by atoms with Crippen LogP contribution in [0.2, 0.25) is 0 Å². The molecule has 0 N–H and O–H groups in total. The minimum atomic E-state index is -0.339. The summed E-state index contributed by atoms with van der Waals surface area (Å²) >= 11 is 0. The van der Waals surface area contributed by atoms with Gasteiger partial charge >= 0.3 is 0 Å². The highest BCUT2D eigenvalue weighted by Crippen LogP contribution is 2.03. The predicted molar refractivity (Wildman–Crippen MR) is 39.1 cm³/mol. The van der Waals surface area contributed by atoms with Crippen molar-refractivity contribution in [1.82, 2.24) is 0 Å². The molecule has 0 aliphatic carbocycles. The maximum atomic E-state index is 5.02. The first-order valence-corrected chi connectivity index (χ1v) is 2.81. The fraction of sp³-hybridized carbons (Fsp3) is 0.500. The third kappa shape index (κ3) is 3.81. The van der Waals surface area contributed by atoms with Crippen molar-refractivity contribution in [3.8, 4) is 11.8 Å². The molecule has 0 aliphatic rings. The first kappa shape index (κ1) is 8.26. The normalized spacial score (nSPS) is 9.67. The zero-order valence-electron chi connectivity index (χ0n) is 6.19. The summed E-state index contributed by atoms with van der Waals surface area (Å²) in [7, 11) is 1.64. The summed E-state index contributed by atoms with van der Waals surface area (Å²) in [6.45, 7) is 7.28. The molecule has 0 saturated heterocycles. The van der Waals surface area contributed by atoms with Crippen molar-refractivity contribution in [1.29, 1.82) is 0 Å². The van der Waals surface area contributed by atoms with E-state index in [1.165, 1.54) is 0 Å². The summed E-state index contributed by atoms with van der Waals surface area (Å²) in [6, 6.07) is 0. The van der Waals surface area contributed by atoms with E-state index in [0.717, 1.165) is 0 Å². The molecule has 50 valence electrons. The largest absolute Gasteiger partial charge is 0.366 e. The Morgan fingerprint density at radius 3 is 2.44 bits per heavy atom. The molecule has 0 radical (unpaired) electrons. The molecule has 1 heteroatoms. The van der Waals surface area contributed by atoms with Crippen LogP contribution in [0.4, 0.5) is 0 Å². The summed E-state index contributed by atoms with van der Waals surface area (Å²) in [6.07, 6.45) is 1.56. The maximum Gasteiger partial charge on any atom is 0.123 e. The molecule has 0 unspecified atom stereocenters.